The second kappa shape index (κ2) is 4.86. The van der Waals surface area contributed by atoms with Crippen LogP contribution in [0.25, 0.3) is 0 Å². The summed E-state index contributed by atoms with van der Waals surface area (Å²) in [7, 11) is 1.54. The smallest absolute Gasteiger partial charge is 0.269 e. The molecule has 1 aromatic rings. The van der Waals surface area contributed by atoms with Gasteiger partial charge in [0, 0.05) is 5.56 Å². The minimum absolute atomic E-state index is 0.375. The maximum Gasteiger partial charge on any atom is 0.269 e. The number of methoxy groups -OCH3 is 1. The fourth-order valence-electron chi connectivity index (χ4n) is 0.910. The monoisotopic (exact) mass is 194 g/mol. The third-order valence-corrected chi connectivity index (χ3v) is 1.60. The lowest BCUT2D eigenvalue weighted by molar-refractivity contribution is -0.110. The topological polar surface area (TPSA) is 67.4 Å². The van der Waals surface area contributed by atoms with Crippen LogP contribution in [-0.2, 0) is 4.79 Å². The average molecular weight is 194 g/mol. The number of hydrogen-bond acceptors (Lipinski definition) is 3. The Kier molecular flexibility index (Phi) is 3.49. The highest BCUT2D eigenvalue weighted by molar-refractivity contribution is 5.94. The van der Waals surface area contributed by atoms with Crippen LogP contribution in [-0.4, -0.2) is 19.4 Å². The molecule has 5 nitrogen and oxygen atoms in total. The summed E-state index contributed by atoms with van der Waals surface area (Å²) in [6.45, 7) is 0. The maximum atomic E-state index is 11.2. The Hall–Kier alpha value is -2.04. The Balaban J connectivity index is 2.66. The third-order valence-electron chi connectivity index (χ3n) is 1.60. The highest BCUT2D eigenvalue weighted by Gasteiger charge is 2.03. The molecule has 0 saturated heterocycles. The van der Waals surface area contributed by atoms with E-state index in [1.807, 2.05) is 0 Å². The van der Waals surface area contributed by atoms with Crippen molar-refractivity contribution < 1.29 is 14.3 Å². The number of carbonyl (C=O) groups is 2. The van der Waals surface area contributed by atoms with Crippen LogP contribution in [0.1, 0.15) is 10.4 Å². The lowest BCUT2D eigenvalue weighted by atomic mass is 10.2. The van der Waals surface area contributed by atoms with Gasteiger partial charge in [0.25, 0.3) is 5.91 Å². The molecule has 74 valence electrons. The maximum absolute atomic E-state index is 11.2. The minimum Gasteiger partial charge on any atom is -0.497 e. The number of carbonyl (C=O) groups excluding carboxylic acids is 2. The molecular weight excluding hydrogens is 184 g/mol. The van der Waals surface area contributed by atoms with Crippen molar-refractivity contribution in [1.82, 2.24) is 10.9 Å². The summed E-state index contributed by atoms with van der Waals surface area (Å²) in [4.78, 5) is 21.1. The van der Waals surface area contributed by atoms with Crippen LogP contribution in [0.15, 0.2) is 24.3 Å². The van der Waals surface area contributed by atoms with Crippen molar-refractivity contribution in [1.29, 1.82) is 0 Å². The summed E-state index contributed by atoms with van der Waals surface area (Å²) in [6, 6.07) is 6.52. The summed E-state index contributed by atoms with van der Waals surface area (Å²) >= 11 is 0. The molecule has 2 amide bonds. The van der Waals surface area contributed by atoms with E-state index < -0.39 is 0 Å². The highest BCUT2D eigenvalue weighted by atomic mass is 16.5. The van der Waals surface area contributed by atoms with Gasteiger partial charge in [0.1, 0.15) is 5.75 Å². The Labute approximate surface area is 81.0 Å². The molecule has 14 heavy (non-hydrogen) atoms. The predicted molar refractivity (Wildman–Crippen MR) is 49.7 cm³/mol. The molecule has 0 bridgehead atoms. The second-order valence-corrected chi connectivity index (χ2v) is 2.44. The first-order valence-corrected chi connectivity index (χ1v) is 3.91. The molecule has 0 fully saturated rings. The van der Waals surface area contributed by atoms with Crippen LogP contribution in [0.3, 0.4) is 0 Å². The first-order valence-electron chi connectivity index (χ1n) is 3.91. The van der Waals surface area contributed by atoms with Crippen molar-refractivity contribution >= 4 is 12.3 Å². The van der Waals surface area contributed by atoms with Gasteiger partial charge in [-0.1, -0.05) is 0 Å². The van der Waals surface area contributed by atoms with Gasteiger partial charge in [-0.15, -0.1) is 0 Å². The van der Waals surface area contributed by atoms with Gasteiger partial charge < -0.3 is 4.74 Å². The Morgan fingerprint density at radius 3 is 2.50 bits per heavy atom. The Morgan fingerprint density at radius 2 is 2.00 bits per heavy atom. The zero-order valence-electron chi connectivity index (χ0n) is 7.61. The standard InChI is InChI=1S/C9H10N2O3/c1-14-8-4-2-7(3-5-8)9(13)11-10-6-12/h2-6H,1H3,(H,10,12)(H,11,13). The van der Waals surface area contributed by atoms with Gasteiger partial charge in [0.05, 0.1) is 7.11 Å². The second-order valence-electron chi connectivity index (χ2n) is 2.44. The summed E-state index contributed by atoms with van der Waals surface area (Å²) in [5.74, 6) is 0.296. The van der Waals surface area contributed by atoms with Gasteiger partial charge in [-0.3, -0.25) is 20.4 Å². The van der Waals surface area contributed by atoms with Gasteiger partial charge in [-0.05, 0) is 24.3 Å². The lowest BCUT2D eigenvalue weighted by Gasteiger charge is -2.03. The molecule has 0 aliphatic rings. The first-order chi connectivity index (χ1) is 6.77. The number of nitrogens with one attached hydrogen (secondary N) is 2. The van der Waals surface area contributed by atoms with Gasteiger partial charge in [-0.2, -0.15) is 0 Å². The number of ether oxygens (including phenoxy) is 1. The molecule has 0 aliphatic carbocycles. The van der Waals surface area contributed by atoms with E-state index in [9.17, 15) is 9.59 Å². The van der Waals surface area contributed by atoms with Crippen LogP contribution in [0.2, 0.25) is 0 Å². The van der Waals surface area contributed by atoms with Crippen molar-refractivity contribution in [3.8, 4) is 5.75 Å². The summed E-state index contributed by atoms with van der Waals surface area (Å²) in [6.07, 6.45) is 0.390. The van der Waals surface area contributed by atoms with Crippen LogP contribution in [0, 0.1) is 0 Å². The first kappa shape index (κ1) is 10.0. The molecule has 0 aromatic heterocycles. The van der Waals surface area contributed by atoms with E-state index >= 15 is 0 Å². The molecule has 0 spiro atoms. The van der Waals surface area contributed by atoms with E-state index in [0.29, 0.717) is 17.7 Å². The van der Waals surface area contributed by atoms with E-state index in [2.05, 4.69) is 10.9 Å². The van der Waals surface area contributed by atoms with E-state index in [0.717, 1.165) is 0 Å². The van der Waals surface area contributed by atoms with Crippen molar-refractivity contribution in [2.45, 2.75) is 0 Å². The number of rotatable bonds is 4. The molecule has 0 heterocycles. The molecule has 0 saturated carbocycles. The number of amides is 2. The molecule has 0 aliphatic heterocycles. The largest absolute Gasteiger partial charge is 0.497 e. The van der Waals surface area contributed by atoms with E-state index in [-0.39, 0.29) is 5.91 Å². The average Bonchev–Trinajstić information content (AvgIpc) is 2.26. The Morgan fingerprint density at radius 1 is 1.36 bits per heavy atom. The predicted octanol–water partition coefficient (Wildman–Crippen LogP) is 0.0860. The molecule has 2 N–H and O–H groups in total. The van der Waals surface area contributed by atoms with Crippen LogP contribution in [0.5, 0.6) is 5.75 Å². The van der Waals surface area contributed by atoms with Gasteiger partial charge in [0.2, 0.25) is 6.41 Å². The fourth-order valence-corrected chi connectivity index (χ4v) is 0.910. The van der Waals surface area contributed by atoms with E-state index in [1.54, 1.807) is 31.4 Å². The normalized spacial score (nSPS) is 8.93. The fraction of sp³-hybridized carbons (Fsp3) is 0.111. The molecular formula is C9H10N2O3. The molecule has 0 unspecified atom stereocenters. The lowest BCUT2D eigenvalue weighted by Crippen LogP contribution is -2.36. The van der Waals surface area contributed by atoms with Crippen molar-refractivity contribution in [3.63, 3.8) is 0 Å². The zero-order valence-corrected chi connectivity index (χ0v) is 7.61. The summed E-state index contributed by atoms with van der Waals surface area (Å²) in [5, 5.41) is 0. The number of hydrazine groups is 1. The quantitative estimate of drug-likeness (QED) is 0.527. The van der Waals surface area contributed by atoms with Crippen LogP contribution < -0.4 is 15.6 Å². The minimum atomic E-state index is -0.375. The molecule has 1 aromatic carbocycles. The van der Waals surface area contributed by atoms with Crippen molar-refractivity contribution in [2.24, 2.45) is 0 Å². The van der Waals surface area contributed by atoms with Crippen LogP contribution in [0.4, 0.5) is 0 Å². The summed E-state index contributed by atoms with van der Waals surface area (Å²) < 4.78 is 4.93. The molecule has 5 heteroatoms. The van der Waals surface area contributed by atoms with Gasteiger partial charge >= 0.3 is 0 Å². The van der Waals surface area contributed by atoms with E-state index in [4.69, 9.17) is 4.74 Å². The van der Waals surface area contributed by atoms with E-state index in [1.165, 1.54) is 0 Å². The number of benzene rings is 1. The summed E-state index contributed by atoms with van der Waals surface area (Å²) in [5.41, 5.74) is 4.70. The van der Waals surface area contributed by atoms with Crippen LogP contribution >= 0.6 is 0 Å². The van der Waals surface area contributed by atoms with Gasteiger partial charge in [0.15, 0.2) is 0 Å². The van der Waals surface area contributed by atoms with Gasteiger partial charge in [-0.25, -0.2) is 0 Å². The Bertz CT molecular complexity index is 321. The molecule has 0 atom stereocenters. The zero-order chi connectivity index (χ0) is 10.4. The third kappa shape index (κ3) is 2.48. The molecule has 0 radical (unpaired) electrons. The van der Waals surface area contributed by atoms with Crippen molar-refractivity contribution in [3.05, 3.63) is 29.8 Å². The number of hydrogen-bond donors (Lipinski definition) is 2. The SMILES string of the molecule is COc1ccc(C(=O)NNC=O)cc1. The van der Waals surface area contributed by atoms with Crippen molar-refractivity contribution in [2.75, 3.05) is 7.11 Å². The highest BCUT2D eigenvalue weighted by Crippen LogP contribution is 2.10. The molecule has 1 rings (SSSR count).